The summed E-state index contributed by atoms with van der Waals surface area (Å²) in [6.07, 6.45) is 0.931. The van der Waals surface area contributed by atoms with Crippen LogP contribution in [0.25, 0.3) is 0 Å². The van der Waals surface area contributed by atoms with Gasteiger partial charge in [0.1, 0.15) is 18.1 Å². The number of hydrogen-bond donors (Lipinski definition) is 6. The van der Waals surface area contributed by atoms with Crippen LogP contribution >= 0.6 is 0 Å². The second kappa shape index (κ2) is 15.8. The lowest BCUT2D eigenvalue weighted by Gasteiger charge is -2.24. The first-order chi connectivity index (χ1) is 20.5. The van der Waals surface area contributed by atoms with Gasteiger partial charge in [0.05, 0.1) is 11.6 Å². The van der Waals surface area contributed by atoms with Crippen LogP contribution in [-0.4, -0.2) is 64.0 Å². The van der Waals surface area contributed by atoms with Crippen LogP contribution < -0.4 is 21.3 Å². The second-order valence-corrected chi connectivity index (χ2v) is 10.2. The van der Waals surface area contributed by atoms with E-state index in [0.717, 1.165) is 11.1 Å². The molecule has 1 unspecified atom stereocenters. The van der Waals surface area contributed by atoms with Gasteiger partial charge < -0.3 is 26.2 Å². The summed E-state index contributed by atoms with van der Waals surface area (Å²) < 4.78 is 0. The number of carboxylic acids is 2. The summed E-state index contributed by atoms with van der Waals surface area (Å²) in [5, 5.41) is 29.5. The Kier molecular flexibility index (Phi) is 12.0. The molecule has 3 aromatic carbocycles. The number of carboxylic acid groups (broad SMARTS) is 2. The highest BCUT2D eigenvalue weighted by atomic mass is 16.4. The molecule has 0 aliphatic carbocycles. The summed E-state index contributed by atoms with van der Waals surface area (Å²) in [7, 11) is 0. The number of nitrogens with one attached hydrogen (secondary N) is 4. The van der Waals surface area contributed by atoms with Crippen LogP contribution in [0.2, 0.25) is 0 Å². The van der Waals surface area contributed by atoms with Gasteiger partial charge in [0, 0.05) is 12.1 Å². The van der Waals surface area contributed by atoms with Crippen LogP contribution in [0.15, 0.2) is 84.9 Å². The lowest BCUT2D eigenvalue weighted by molar-refractivity contribution is -0.140. The quantitative estimate of drug-likeness (QED) is 0.157. The van der Waals surface area contributed by atoms with Crippen LogP contribution in [-0.2, 0) is 32.0 Å². The van der Waals surface area contributed by atoms with Crippen molar-refractivity contribution >= 4 is 35.3 Å². The maximum Gasteiger partial charge on any atom is 0.335 e. The summed E-state index contributed by atoms with van der Waals surface area (Å²) in [6.45, 7) is 2.98. The van der Waals surface area contributed by atoms with Gasteiger partial charge in [-0.05, 0) is 62.1 Å². The van der Waals surface area contributed by atoms with Gasteiger partial charge in [0.2, 0.25) is 17.7 Å². The molecule has 6 N–H and O–H groups in total. The minimum Gasteiger partial charge on any atom is -0.480 e. The minimum atomic E-state index is -1.10. The Morgan fingerprint density at radius 1 is 0.651 bits per heavy atom. The SMILES string of the molecule is C[C@H](NC(=O)[C@H](C)NC(CCc1ccccc1)C(=O)O)C(=O)N[C@@H](Cc1ccccc1)C(=O)Nc1ccc(C(=O)O)cc1. The van der Waals surface area contributed by atoms with E-state index >= 15 is 0 Å². The Labute approximate surface area is 249 Å². The standard InChI is InChI=1S/C32H36N4O7/c1-20(33-26(32(42)43)18-13-22-9-5-3-6-10-22)28(37)34-21(2)29(38)36-27(19-23-11-7-4-8-12-23)30(39)35-25-16-14-24(15-17-25)31(40)41/h3-12,14-17,20-21,26-27,33H,13,18-19H2,1-2H3,(H,34,37)(H,35,39)(H,36,38)(H,40,41)(H,42,43)/t20-,21-,26?,27-/m0/s1. The number of benzene rings is 3. The van der Waals surface area contributed by atoms with Gasteiger partial charge in [0.25, 0.3) is 0 Å². The van der Waals surface area contributed by atoms with E-state index in [4.69, 9.17) is 5.11 Å². The van der Waals surface area contributed by atoms with E-state index in [1.165, 1.54) is 38.1 Å². The zero-order valence-electron chi connectivity index (χ0n) is 23.9. The molecule has 0 fully saturated rings. The molecule has 11 nitrogen and oxygen atoms in total. The largest absolute Gasteiger partial charge is 0.480 e. The molecule has 0 spiro atoms. The highest BCUT2D eigenvalue weighted by Crippen LogP contribution is 2.12. The van der Waals surface area contributed by atoms with Crippen molar-refractivity contribution in [3.05, 3.63) is 102 Å². The van der Waals surface area contributed by atoms with Crippen molar-refractivity contribution in [2.75, 3.05) is 5.32 Å². The van der Waals surface area contributed by atoms with Crippen LogP contribution in [0.5, 0.6) is 0 Å². The number of aryl methyl sites for hydroxylation is 1. The Morgan fingerprint density at radius 3 is 1.77 bits per heavy atom. The molecule has 3 aromatic rings. The highest BCUT2D eigenvalue weighted by Gasteiger charge is 2.28. The van der Waals surface area contributed by atoms with E-state index in [0.29, 0.717) is 12.1 Å². The lowest BCUT2D eigenvalue weighted by Crippen LogP contribution is -2.56. The molecule has 4 atom stereocenters. The zero-order chi connectivity index (χ0) is 31.4. The molecule has 0 aromatic heterocycles. The normalized spacial score (nSPS) is 13.5. The number of aromatic carboxylic acids is 1. The van der Waals surface area contributed by atoms with Gasteiger partial charge >= 0.3 is 11.9 Å². The van der Waals surface area contributed by atoms with Gasteiger partial charge in [-0.1, -0.05) is 60.7 Å². The van der Waals surface area contributed by atoms with E-state index in [1.807, 2.05) is 48.5 Å². The third-order valence-corrected chi connectivity index (χ3v) is 6.77. The Morgan fingerprint density at radius 2 is 1.21 bits per heavy atom. The van der Waals surface area contributed by atoms with E-state index in [2.05, 4.69) is 21.3 Å². The first-order valence-corrected chi connectivity index (χ1v) is 13.8. The molecular formula is C32H36N4O7. The van der Waals surface area contributed by atoms with Gasteiger partial charge in [-0.2, -0.15) is 0 Å². The first kappa shape index (κ1) is 32.5. The maximum atomic E-state index is 13.2. The van der Waals surface area contributed by atoms with Crippen molar-refractivity contribution in [3.8, 4) is 0 Å². The summed E-state index contributed by atoms with van der Waals surface area (Å²) in [5.41, 5.74) is 2.17. The Balaban J connectivity index is 1.61. The fourth-order valence-corrected chi connectivity index (χ4v) is 4.30. The number of hydrogen-bond acceptors (Lipinski definition) is 6. The van der Waals surface area contributed by atoms with Crippen molar-refractivity contribution in [3.63, 3.8) is 0 Å². The van der Waals surface area contributed by atoms with E-state index in [1.54, 1.807) is 12.1 Å². The highest BCUT2D eigenvalue weighted by molar-refractivity contribution is 5.99. The Hall–Kier alpha value is -5.03. The zero-order valence-corrected chi connectivity index (χ0v) is 23.9. The molecule has 226 valence electrons. The number of anilines is 1. The van der Waals surface area contributed by atoms with Gasteiger partial charge in [-0.15, -0.1) is 0 Å². The average Bonchev–Trinajstić information content (AvgIpc) is 2.99. The summed E-state index contributed by atoms with van der Waals surface area (Å²) in [5.74, 6) is -3.91. The molecule has 0 aliphatic heterocycles. The predicted molar refractivity (Wildman–Crippen MR) is 160 cm³/mol. The lowest BCUT2D eigenvalue weighted by atomic mass is 10.0. The molecule has 0 aliphatic rings. The maximum absolute atomic E-state index is 13.2. The molecular weight excluding hydrogens is 552 g/mol. The van der Waals surface area contributed by atoms with Crippen molar-refractivity contribution in [2.24, 2.45) is 0 Å². The van der Waals surface area contributed by atoms with Gasteiger partial charge in [0.15, 0.2) is 0 Å². The van der Waals surface area contributed by atoms with Gasteiger partial charge in [-0.25, -0.2) is 4.79 Å². The molecule has 0 heterocycles. The number of rotatable bonds is 15. The number of carbonyl (C=O) groups is 5. The fraction of sp³-hybridized carbons (Fsp3) is 0.281. The van der Waals surface area contributed by atoms with Crippen molar-refractivity contribution in [1.29, 1.82) is 0 Å². The van der Waals surface area contributed by atoms with Crippen molar-refractivity contribution < 1.29 is 34.2 Å². The molecule has 3 rings (SSSR count). The molecule has 0 saturated carbocycles. The minimum absolute atomic E-state index is 0.0614. The van der Waals surface area contributed by atoms with Crippen molar-refractivity contribution in [2.45, 2.75) is 57.3 Å². The second-order valence-electron chi connectivity index (χ2n) is 10.2. The molecule has 3 amide bonds. The van der Waals surface area contributed by atoms with E-state index in [9.17, 15) is 29.1 Å². The van der Waals surface area contributed by atoms with Gasteiger partial charge in [-0.3, -0.25) is 24.5 Å². The molecule has 0 bridgehead atoms. The number of amides is 3. The average molecular weight is 589 g/mol. The topological polar surface area (TPSA) is 174 Å². The molecule has 0 saturated heterocycles. The van der Waals surface area contributed by atoms with Crippen molar-refractivity contribution in [1.82, 2.24) is 16.0 Å². The van der Waals surface area contributed by atoms with Crippen LogP contribution in [0.3, 0.4) is 0 Å². The first-order valence-electron chi connectivity index (χ1n) is 13.8. The van der Waals surface area contributed by atoms with E-state index in [-0.39, 0.29) is 18.4 Å². The van der Waals surface area contributed by atoms with Crippen LogP contribution in [0, 0.1) is 0 Å². The number of carbonyl (C=O) groups excluding carboxylic acids is 3. The summed E-state index contributed by atoms with van der Waals surface area (Å²) in [6, 6.07) is 20.1. The predicted octanol–water partition coefficient (Wildman–Crippen LogP) is 2.62. The molecule has 0 radical (unpaired) electrons. The summed E-state index contributed by atoms with van der Waals surface area (Å²) >= 11 is 0. The van der Waals surface area contributed by atoms with Crippen LogP contribution in [0.1, 0.15) is 41.8 Å². The summed E-state index contributed by atoms with van der Waals surface area (Å²) in [4.78, 5) is 62.0. The third kappa shape index (κ3) is 10.4. The smallest absolute Gasteiger partial charge is 0.335 e. The third-order valence-electron chi connectivity index (χ3n) is 6.77. The fourth-order valence-electron chi connectivity index (χ4n) is 4.30. The Bertz CT molecular complexity index is 1400. The molecule has 11 heteroatoms. The monoisotopic (exact) mass is 588 g/mol. The van der Waals surface area contributed by atoms with Crippen LogP contribution in [0.4, 0.5) is 5.69 Å². The molecule has 43 heavy (non-hydrogen) atoms. The number of aliphatic carboxylic acids is 1. The van der Waals surface area contributed by atoms with E-state index < -0.39 is 53.8 Å².